The van der Waals surface area contributed by atoms with Crippen LogP contribution in [0.15, 0.2) is 0 Å². The number of esters is 1. The Morgan fingerprint density at radius 3 is 2.50 bits per heavy atom. The van der Waals surface area contributed by atoms with E-state index in [1.807, 2.05) is 0 Å². The summed E-state index contributed by atoms with van der Waals surface area (Å²) in [5.74, 6) is 2.01. The number of nitrogens with one attached hydrogen (secondary N) is 2. The molecule has 1 aliphatic rings. The molecule has 1 saturated heterocycles. The van der Waals surface area contributed by atoms with Crippen molar-refractivity contribution in [2.75, 3.05) is 7.11 Å². The van der Waals surface area contributed by atoms with E-state index in [2.05, 4.69) is 56.0 Å². The molecular weight excluding hydrogens is 324 g/mol. The molecule has 0 radical (unpaired) electrons. The Hall–Kier alpha value is -1.81. The van der Waals surface area contributed by atoms with Crippen molar-refractivity contribution in [1.29, 1.82) is 0 Å². The van der Waals surface area contributed by atoms with E-state index in [0.717, 1.165) is 0 Å². The molecule has 2 amide bonds. The van der Waals surface area contributed by atoms with Crippen LogP contribution >= 0.6 is 0 Å². The van der Waals surface area contributed by atoms with Crippen LogP contribution in [-0.2, 0) is 19.1 Å². The molecule has 0 aromatic rings. The fourth-order valence-electron chi connectivity index (χ4n) is 1.98. The SMILES string of the molecule is COC(=O)[C@@H](CC#C[Si](C)(C)C(C)(C)C)NC(=O)[C@H]1CCC(=O)N1. The first kappa shape index (κ1) is 20.2. The normalized spacial score (nSPS) is 18.9. The predicted octanol–water partition coefficient (Wildman–Crippen LogP) is 1.36. The number of hydrogen-bond donors (Lipinski definition) is 2. The minimum Gasteiger partial charge on any atom is -0.467 e. The molecule has 0 aromatic carbocycles. The molecule has 1 aliphatic heterocycles. The number of methoxy groups -OCH3 is 1. The molecule has 7 heteroatoms. The van der Waals surface area contributed by atoms with Crippen LogP contribution in [0.1, 0.15) is 40.0 Å². The number of amides is 2. The van der Waals surface area contributed by atoms with Gasteiger partial charge in [-0.1, -0.05) is 33.9 Å². The second-order valence-electron chi connectivity index (χ2n) is 7.62. The fraction of sp³-hybridized carbons (Fsp3) is 0.706. The summed E-state index contributed by atoms with van der Waals surface area (Å²) in [6, 6.07) is -1.41. The highest BCUT2D eigenvalue weighted by molar-refractivity contribution is 6.87. The van der Waals surface area contributed by atoms with Crippen molar-refractivity contribution in [3.05, 3.63) is 0 Å². The molecule has 2 atom stereocenters. The molecule has 0 aromatic heterocycles. The first-order chi connectivity index (χ1) is 11.0. The lowest BCUT2D eigenvalue weighted by molar-refractivity contribution is -0.145. The topological polar surface area (TPSA) is 84.5 Å². The molecular formula is C17H28N2O4Si. The molecule has 1 heterocycles. The largest absolute Gasteiger partial charge is 0.467 e. The molecule has 2 N–H and O–H groups in total. The Kier molecular flexibility index (Phi) is 6.61. The van der Waals surface area contributed by atoms with Crippen molar-refractivity contribution < 1.29 is 19.1 Å². The van der Waals surface area contributed by atoms with Crippen molar-refractivity contribution in [1.82, 2.24) is 10.6 Å². The molecule has 24 heavy (non-hydrogen) atoms. The summed E-state index contributed by atoms with van der Waals surface area (Å²) in [7, 11) is -0.496. The molecule has 0 unspecified atom stereocenters. The third-order valence-electron chi connectivity index (χ3n) is 4.70. The monoisotopic (exact) mass is 352 g/mol. The molecule has 134 valence electrons. The van der Waals surface area contributed by atoms with Gasteiger partial charge in [0, 0.05) is 12.8 Å². The van der Waals surface area contributed by atoms with Crippen molar-refractivity contribution in [3.63, 3.8) is 0 Å². The van der Waals surface area contributed by atoms with Crippen LogP contribution in [0.4, 0.5) is 0 Å². The average molecular weight is 353 g/mol. The molecule has 0 spiro atoms. The highest BCUT2D eigenvalue weighted by Crippen LogP contribution is 2.35. The van der Waals surface area contributed by atoms with E-state index in [1.165, 1.54) is 7.11 Å². The Balaban J connectivity index is 2.76. The highest BCUT2D eigenvalue weighted by Gasteiger charge is 2.34. The zero-order valence-electron chi connectivity index (χ0n) is 15.4. The van der Waals surface area contributed by atoms with Crippen molar-refractivity contribution in [2.45, 2.75) is 70.2 Å². The van der Waals surface area contributed by atoms with Crippen LogP contribution < -0.4 is 10.6 Å². The van der Waals surface area contributed by atoms with Gasteiger partial charge in [0.15, 0.2) is 0 Å². The van der Waals surface area contributed by atoms with Gasteiger partial charge in [-0.25, -0.2) is 4.79 Å². The molecule has 0 saturated carbocycles. The fourth-order valence-corrected chi connectivity index (χ4v) is 2.90. The zero-order valence-corrected chi connectivity index (χ0v) is 16.4. The van der Waals surface area contributed by atoms with Crippen LogP contribution in [-0.4, -0.2) is 45.1 Å². The summed E-state index contributed by atoms with van der Waals surface area (Å²) in [5.41, 5.74) is 3.32. The first-order valence-corrected chi connectivity index (χ1v) is 11.2. The van der Waals surface area contributed by atoms with Crippen LogP contribution in [0, 0.1) is 11.5 Å². The lowest BCUT2D eigenvalue weighted by Crippen LogP contribution is -2.49. The molecule has 1 fully saturated rings. The number of carbonyl (C=O) groups excluding carboxylic acids is 3. The Morgan fingerprint density at radius 2 is 2.04 bits per heavy atom. The second-order valence-corrected chi connectivity index (χ2v) is 12.6. The van der Waals surface area contributed by atoms with Gasteiger partial charge in [-0.2, -0.15) is 0 Å². The highest BCUT2D eigenvalue weighted by atomic mass is 28.3. The zero-order chi connectivity index (χ0) is 18.5. The summed E-state index contributed by atoms with van der Waals surface area (Å²) < 4.78 is 4.75. The van der Waals surface area contributed by atoms with Gasteiger partial charge in [0.05, 0.1) is 7.11 Å². The van der Waals surface area contributed by atoms with Crippen LogP contribution in [0.25, 0.3) is 0 Å². The second kappa shape index (κ2) is 7.84. The molecule has 1 rings (SSSR count). The standard InChI is InChI=1S/C17H28N2O4Si/c1-17(2,3)24(5,6)11-7-8-13(16(22)23-4)19-15(21)12-9-10-14(20)18-12/h12-13H,8-10H2,1-6H3,(H,18,20)(H,19,21)/t12-,13-/m1/s1. The van der Waals surface area contributed by atoms with Gasteiger partial charge in [-0.3, -0.25) is 9.59 Å². The number of hydrogen-bond acceptors (Lipinski definition) is 4. The van der Waals surface area contributed by atoms with Crippen LogP contribution in [0.3, 0.4) is 0 Å². The Labute approximate surface area is 145 Å². The summed E-state index contributed by atoms with van der Waals surface area (Å²) in [6.45, 7) is 10.8. The maximum Gasteiger partial charge on any atom is 0.329 e. The van der Waals surface area contributed by atoms with Crippen LogP contribution in [0.2, 0.25) is 18.1 Å². The Bertz CT molecular complexity index is 569. The van der Waals surface area contributed by atoms with Gasteiger partial charge >= 0.3 is 5.97 Å². The number of rotatable bonds is 4. The summed E-state index contributed by atoms with van der Waals surface area (Å²) >= 11 is 0. The van der Waals surface area contributed by atoms with E-state index in [-0.39, 0.29) is 23.3 Å². The molecule has 0 bridgehead atoms. The van der Waals surface area contributed by atoms with Crippen LogP contribution in [0.5, 0.6) is 0 Å². The predicted molar refractivity (Wildman–Crippen MR) is 94.7 cm³/mol. The first-order valence-electron chi connectivity index (χ1n) is 8.15. The van der Waals surface area contributed by atoms with Crippen molar-refractivity contribution in [2.24, 2.45) is 0 Å². The molecule has 0 aliphatic carbocycles. The van der Waals surface area contributed by atoms with Gasteiger partial charge in [-0.15, -0.1) is 11.5 Å². The van der Waals surface area contributed by atoms with Crippen molar-refractivity contribution in [3.8, 4) is 11.5 Å². The minimum atomic E-state index is -1.77. The number of ether oxygens (including phenoxy) is 1. The van der Waals surface area contributed by atoms with Crippen molar-refractivity contribution >= 4 is 25.9 Å². The number of carbonyl (C=O) groups is 3. The van der Waals surface area contributed by atoms with E-state index < -0.39 is 26.1 Å². The van der Waals surface area contributed by atoms with Gasteiger partial charge in [0.25, 0.3) is 0 Å². The third-order valence-corrected chi connectivity index (χ3v) is 9.25. The van der Waals surface area contributed by atoms with E-state index >= 15 is 0 Å². The maximum absolute atomic E-state index is 12.2. The van der Waals surface area contributed by atoms with E-state index in [0.29, 0.717) is 12.8 Å². The van der Waals surface area contributed by atoms with Gasteiger partial charge in [0.2, 0.25) is 11.8 Å². The van der Waals surface area contributed by atoms with Gasteiger partial charge < -0.3 is 15.4 Å². The van der Waals surface area contributed by atoms with E-state index in [4.69, 9.17) is 4.74 Å². The average Bonchev–Trinajstić information content (AvgIpc) is 2.90. The third kappa shape index (κ3) is 5.37. The minimum absolute atomic E-state index is 0.123. The van der Waals surface area contributed by atoms with Gasteiger partial charge in [-0.05, 0) is 11.5 Å². The summed E-state index contributed by atoms with van der Waals surface area (Å²) in [4.78, 5) is 35.3. The lowest BCUT2D eigenvalue weighted by Gasteiger charge is -2.31. The summed E-state index contributed by atoms with van der Waals surface area (Å²) in [6.07, 6.45) is 0.964. The van der Waals surface area contributed by atoms with E-state index in [1.54, 1.807) is 0 Å². The van der Waals surface area contributed by atoms with Gasteiger partial charge in [0.1, 0.15) is 20.2 Å². The maximum atomic E-state index is 12.2. The summed E-state index contributed by atoms with van der Waals surface area (Å²) in [5, 5.41) is 5.35. The van der Waals surface area contributed by atoms with E-state index in [9.17, 15) is 14.4 Å². The lowest BCUT2D eigenvalue weighted by atomic mass is 10.1. The smallest absolute Gasteiger partial charge is 0.329 e. The molecule has 6 nitrogen and oxygen atoms in total. The Morgan fingerprint density at radius 1 is 1.42 bits per heavy atom. The quantitative estimate of drug-likeness (QED) is 0.455.